The smallest absolute Gasteiger partial charge is 0.224 e. The Balaban J connectivity index is 1.50. The summed E-state index contributed by atoms with van der Waals surface area (Å²) in [7, 11) is 1.65. The average Bonchev–Trinajstić information content (AvgIpc) is 2.68. The minimum atomic E-state index is 0.0157. The molecule has 0 bridgehead atoms. The van der Waals surface area contributed by atoms with Gasteiger partial charge in [-0.25, -0.2) is 0 Å². The van der Waals surface area contributed by atoms with Crippen LogP contribution in [0.25, 0.3) is 0 Å². The zero-order chi connectivity index (χ0) is 17.5. The van der Waals surface area contributed by atoms with Crippen molar-refractivity contribution in [3.63, 3.8) is 0 Å². The van der Waals surface area contributed by atoms with Crippen LogP contribution >= 0.6 is 0 Å². The lowest BCUT2D eigenvalue weighted by molar-refractivity contribution is -0.116. The lowest BCUT2D eigenvalue weighted by atomic mass is 10.1. The van der Waals surface area contributed by atoms with Crippen LogP contribution in [0.4, 0.5) is 11.4 Å². The van der Waals surface area contributed by atoms with Gasteiger partial charge in [0.05, 0.1) is 20.3 Å². The van der Waals surface area contributed by atoms with Crippen LogP contribution in [-0.2, 0) is 16.0 Å². The van der Waals surface area contributed by atoms with Gasteiger partial charge in [0.1, 0.15) is 5.75 Å². The third-order valence-electron chi connectivity index (χ3n) is 4.30. The summed E-state index contributed by atoms with van der Waals surface area (Å²) in [5.74, 6) is 0.832. The van der Waals surface area contributed by atoms with Gasteiger partial charge in [-0.2, -0.15) is 0 Å². The highest BCUT2D eigenvalue weighted by Gasteiger charge is 2.11. The van der Waals surface area contributed by atoms with Crippen LogP contribution in [-0.4, -0.2) is 39.3 Å². The number of carbonyl (C=O) groups excluding carboxylic acids is 1. The first-order valence-corrected chi connectivity index (χ1v) is 8.60. The molecule has 25 heavy (non-hydrogen) atoms. The van der Waals surface area contributed by atoms with Crippen molar-refractivity contribution in [2.24, 2.45) is 0 Å². The average molecular weight is 340 g/mol. The van der Waals surface area contributed by atoms with Crippen molar-refractivity contribution in [3.05, 3.63) is 54.1 Å². The first-order valence-electron chi connectivity index (χ1n) is 8.60. The van der Waals surface area contributed by atoms with Gasteiger partial charge in [-0.1, -0.05) is 12.1 Å². The maximum atomic E-state index is 12.2. The molecule has 3 rings (SSSR count). The molecule has 2 aromatic rings. The number of carbonyl (C=O) groups is 1. The van der Waals surface area contributed by atoms with Gasteiger partial charge in [-0.05, 0) is 48.4 Å². The third-order valence-corrected chi connectivity index (χ3v) is 4.30. The van der Waals surface area contributed by atoms with E-state index in [1.165, 1.54) is 0 Å². The highest BCUT2D eigenvalue weighted by atomic mass is 16.5. The van der Waals surface area contributed by atoms with Gasteiger partial charge in [0.25, 0.3) is 0 Å². The van der Waals surface area contributed by atoms with E-state index in [9.17, 15) is 4.79 Å². The number of hydrogen-bond acceptors (Lipinski definition) is 4. The van der Waals surface area contributed by atoms with Gasteiger partial charge in [0, 0.05) is 30.9 Å². The Labute approximate surface area is 148 Å². The molecule has 1 heterocycles. The van der Waals surface area contributed by atoms with Gasteiger partial charge >= 0.3 is 0 Å². The van der Waals surface area contributed by atoms with Crippen molar-refractivity contribution in [1.29, 1.82) is 0 Å². The lowest BCUT2D eigenvalue weighted by Gasteiger charge is -2.28. The van der Waals surface area contributed by atoms with E-state index in [4.69, 9.17) is 9.47 Å². The molecular formula is C20H24N2O3. The molecule has 2 aromatic carbocycles. The number of amides is 1. The van der Waals surface area contributed by atoms with E-state index in [0.29, 0.717) is 12.8 Å². The Kier molecular flexibility index (Phi) is 5.90. The number of hydrogen-bond donors (Lipinski definition) is 1. The van der Waals surface area contributed by atoms with Crippen molar-refractivity contribution < 1.29 is 14.3 Å². The molecule has 1 fully saturated rings. The number of methoxy groups -OCH3 is 1. The van der Waals surface area contributed by atoms with Gasteiger partial charge in [0.15, 0.2) is 0 Å². The number of anilines is 2. The molecule has 1 aliphatic rings. The summed E-state index contributed by atoms with van der Waals surface area (Å²) in [6, 6.07) is 15.8. The van der Waals surface area contributed by atoms with Gasteiger partial charge in [-0.15, -0.1) is 0 Å². The van der Waals surface area contributed by atoms with Crippen molar-refractivity contribution in [1.82, 2.24) is 0 Å². The fourth-order valence-electron chi connectivity index (χ4n) is 2.89. The van der Waals surface area contributed by atoms with Gasteiger partial charge < -0.3 is 19.7 Å². The standard InChI is InChI=1S/C20H24N2O3/c1-24-19-4-2-3-16(15-19)5-10-20(23)21-17-6-8-18(9-7-17)22-11-13-25-14-12-22/h2-4,6-9,15H,5,10-14H2,1H3,(H,21,23). The molecule has 132 valence electrons. The highest BCUT2D eigenvalue weighted by Crippen LogP contribution is 2.19. The van der Waals surface area contributed by atoms with Crippen LogP contribution < -0.4 is 15.0 Å². The molecule has 5 nitrogen and oxygen atoms in total. The zero-order valence-electron chi connectivity index (χ0n) is 14.5. The normalized spacial score (nSPS) is 14.2. The number of nitrogens with one attached hydrogen (secondary N) is 1. The first-order chi connectivity index (χ1) is 12.2. The van der Waals surface area contributed by atoms with Crippen LogP contribution in [0.15, 0.2) is 48.5 Å². The second-order valence-electron chi connectivity index (χ2n) is 6.05. The maximum absolute atomic E-state index is 12.2. The predicted molar refractivity (Wildman–Crippen MR) is 99.4 cm³/mol. The van der Waals surface area contributed by atoms with Crippen molar-refractivity contribution in [2.75, 3.05) is 43.6 Å². The van der Waals surface area contributed by atoms with Crippen LogP contribution in [0.3, 0.4) is 0 Å². The van der Waals surface area contributed by atoms with Crippen LogP contribution in [0, 0.1) is 0 Å². The van der Waals surface area contributed by atoms with Crippen LogP contribution in [0.2, 0.25) is 0 Å². The summed E-state index contributed by atoms with van der Waals surface area (Å²) in [5.41, 5.74) is 3.09. The summed E-state index contributed by atoms with van der Waals surface area (Å²) < 4.78 is 10.6. The van der Waals surface area contributed by atoms with E-state index in [0.717, 1.165) is 49.0 Å². The molecule has 5 heteroatoms. The molecule has 0 saturated carbocycles. The third kappa shape index (κ3) is 4.97. The molecule has 0 spiro atoms. The summed E-state index contributed by atoms with van der Waals surface area (Å²) >= 11 is 0. The topological polar surface area (TPSA) is 50.8 Å². The molecule has 1 aliphatic heterocycles. The largest absolute Gasteiger partial charge is 0.497 e. The van der Waals surface area contributed by atoms with E-state index >= 15 is 0 Å². The number of rotatable bonds is 6. The van der Waals surface area contributed by atoms with Crippen molar-refractivity contribution in [2.45, 2.75) is 12.8 Å². The Morgan fingerprint density at radius 2 is 1.92 bits per heavy atom. The second-order valence-corrected chi connectivity index (χ2v) is 6.05. The molecule has 0 radical (unpaired) electrons. The predicted octanol–water partition coefficient (Wildman–Crippen LogP) is 3.10. The van der Waals surface area contributed by atoms with Gasteiger partial charge in [0.2, 0.25) is 5.91 Å². The molecule has 0 aromatic heterocycles. The Bertz CT molecular complexity index is 694. The summed E-state index contributed by atoms with van der Waals surface area (Å²) in [6.07, 6.45) is 1.13. The van der Waals surface area contributed by atoms with E-state index < -0.39 is 0 Å². The Hall–Kier alpha value is -2.53. The Morgan fingerprint density at radius 1 is 1.16 bits per heavy atom. The molecular weight excluding hydrogens is 316 g/mol. The van der Waals surface area contributed by atoms with E-state index in [1.54, 1.807) is 7.11 Å². The molecule has 1 saturated heterocycles. The summed E-state index contributed by atoms with van der Waals surface area (Å²) in [6.45, 7) is 3.35. The van der Waals surface area contributed by atoms with Crippen molar-refractivity contribution in [3.8, 4) is 5.75 Å². The molecule has 0 aliphatic carbocycles. The molecule has 1 N–H and O–H groups in total. The number of aryl methyl sites for hydroxylation is 1. The van der Waals surface area contributed by atoms with E-state index in [1.807, 2.05) is 48.5 Å². The quantitative estimate of drug-likeness (QED) is 0.878. The van der Waals surface area contributed by atoms with Crippen LogP contribution in [0.5, 0.6) is 5.75 Å². The number of nitrogens with zero attached hydrogens (tertiary/aromatic N) is 1. The minimum absolute atomic E-state index is 0.0157. The molecule has 0 unspecified atom stereocenters. The summed E-state index contributed by atoms with van der Waals surface area (Å²) in [5, 5.41) is 2.96. The minimum Gasteiger partial charge on any atom is -0.497 e. The lowest BCUT2D eigenvalue weighted by Crippen LogP contribution is -2.36. The maximum Gasteiger partial charge on any atom is 0.224 e. The summed E-state index contributed by atoms with van der Waals surface area (Å²) in [4.78, 5) is 14.4. The second kappa shape index (κ2) is 8.53. The van der Waals surface area contributed by atoms with Crippen LogP contribution in [0.1, 0.15) is 12.0 Å². The SMILES string of the molecule is COc1cccc(CCC(=O)Nc2ccc(N3CCOCC3)cc2)c1. The highest BCUT2D eigenvalue weighted by molar-refractivity contribution is 5.91. The monoisotopic (exact) mass is 340 g/mol. The van der Waals surface area contributed by atoms with Gasteiger partial charge in [-0.3, -0.25) is 4.79 Å². The van der Waals surface area contributed by atoms with E-state index in [2.05, 4.69) is 10.2 Å². The fraction of sp³-hybridized carbons (Fsp3) is 0.350. The number of morpholine rings is 1. The fourth-order valence-corrected chi connectivity index (χ4v) is 2.89. The number of benzene rings is 2. The molecule has 1 amide bonds. The number of ether oxygens (including phenoxy) is 2. The van der Waals surface area contributed by atoms with Crippen molar-refractivity contribution >= 4 is 17.3 Å². The molecule has 0 atom stereocenters. The zero-order valence-corrected chi connectivity index (χ0v) is 14.5. The van der Waals surface area contributed by atoms with E-state index in [-0.39, 0.29) is 5.91 Å². The Morgan fingerprint density at radius 3 is 2.64 bits per heavy atom. The first kappa shape index (κ1) is 17.3.